The van der Waals surface area contributed by atoms with Gasteiger partial charge in [-0.15, -0.1) is 0 Å². The van der Waals surface area contributed by atoms with Gasteiger partial charge in [0.25, 0.3) is 0 Å². The number of hydrogen-bond donors (Lipinski definition) is 0. The Kier molecular flexibility index (Phi) is 10.2. The molecule has 0 radical (unpaired) electrons. The second-order valence-corrected chi connectivity index (χ2v) is 6.59. The second-order valence-electron chi connectivity index (χ2n) is 3.37. The van der Waals surface area contributed by atoms with Crippen molar-refractivity contribution in [2.45, 2.75) is 26.2 Å². The van der Waals surface area contributed by atoms with Crippen molar-refractivity contribution in [3.63, 3.8) is 0 Å². The summed E-state index contributed by atoms with van der Waals surface area (Å²) in [6.45, 7) is -0.397. The Bertz CT molecular complexity index is 332. The summed E-state index contributed by atoms with van der Waals surface area (Å²) in [5, 5.41) is 0.622. The van der Waals surface area contributed by atoms with Crippen LogP contribution in [0.25, 0.3) is 0 Å². The molecule has 1 aromatic carbocycles. The van der Waals surface area contributed by atoms with Gasteiger partial charge in [0, 0.05) is 6.49 Å². The van der Waals surface area contributed by atoms with E-state index in [0.29, 0.717) is 11.9 Å². The molecule has 0 fully saturated rings. The van der Waals surface area contributed by atoms with E-state index < -0.39 is 6.49 Å². The molecule has 84 valence electrons. The molecule has 2 nitrogen and oxygen atoms in total. The summed E-state index contributed by atoms with van der Waals surface area (Å²) in [7, 11) is 0. The molecule has 0 aliphatic rings. The maximum atomic E-state index is 12.0. The van der Waals surface area contributed by atoms with E-state index >= 15 is 0 Å². The Balaban J connectivity index is 0.00000225. The zero-order chi connectivity index (χ0) is 11.1. The van der Waals surface area contributed by atoms with Gasteiger partial charge in [-0.05, 0) is 11.7 Å². The molecule has 0 amide bonds. The first-order valence-corrected chi connectivity index (χ1v) is 7.82. The molecule has 0 spiro atoms. The van der Waals surface area contributed by atoms with Crippen LogP contribution in [0, 0.1) is 0 Å². The topological polar surface area (TPSA) is 32.3 Å². The first-order chi connectivity index (χ1) is 7.17. The van der Waals surface area contributed by atoms with E-state index in [4.69, 9.17) is 16.3 Å². The SMILES string of the molecule is CCCCCOP([O-])(=S)c1ccccc1.[K+]. The van der Waals surface area contributed by atoms with Crippen molar-refractivity contribution in [3.05, 3.63) is 30.3 Å². The molecule has 1 aromatic rings. The van der Waals surface area contributed by atoms with Crippen molar-refractivity contribution >= 4 is 23.6 Å². The van der Waals surface area contributed by atoms with Crippen LogP contribution in [0.4, 0.5) is 0 Å². The van der Waals surface area contributed by atoms with E-state index in [2.05, 4.69) is 6.92 Å². The summed E-state index contributed by atoms with van der Waals surface area (Å²) >= 11 is 4.99. The van der Waals surface area contributed by atoms with Gasteiger partial charge in [-0.25, -0.2) is 0 Å². The van der Waals surface area contributed by atoms with Gasteiger partial charge in [-0.2, -0.15) is 0 Å². The smallest absolute Gasteiger partial charge is 0.797 e. The summed E-state index contributed by atoms with van der Waals surface area (Å²) in [4.78, 5) is 12.0. The molecular weight excluding hydrogens is 266 g/mol. The van der Waals surface area contributed by atoms with E-state index in [0.717, 1.165) is 19.3 Å². The van der Waals surface area contributed by atoms with Crippen LogP contribution in [-0.2, 0) is 16.3 Å². The van der Waals surface area contributed by atoms with Crippen molar-refractivity contribution in [2.24, 2.45) is 0 Å². The monoisotopic (exact) mass is 282 g/mol. The molecule has 0 aliphatic carbocycles. The van der Waals surface area contributed by atoms with Crippen molar-refractivity contribution < 1.29 is 60.8 Å². The number of unbranched alkanes of at least 4 members (excludes halogenated alkanes) is 2. The number of hydrogen-bond acceptors (Lipinski definition) is 3. The molecule has 0 N–H and O–H groups in total. The van der Waals surface area contributed by atoms with Crippen LogP contribution < -0.4 is 61.6 Å². The summed E-state index contributed by atoms with van der Waals surface area (Å²) in [5.41, 5.74) is 0. The second kappa shape index (κ2) is 9.37. The van der Waals surface area contributed by atoms with Gasteiger partial charge in [0.15, 0.2) is 0 Å². The fourth-order valence-corrected chi connectivity index (χ4v) is 2.87. The van der Waals surface area contributed by atoms with Gasteiger partial charge in [0.1, 0.15) is 0 Å². The van der Waals surface area contributed by atoms with E-state index in [9.17, 15) is 4.89 Å². The number of rotatable bonds is 6. The van der Waals surface area contributed by atoms with Crippen LogP contribution in [0.15, 0.2) is 30.3 Å². The van der Waals surface area contributed by atoms with Crippen LogP contribution in [0.3, 0.4) is 0 Å². The van der Waals surface area contributed by atoms with Gasteiger partial charge in [-0.1, -0.05) is 61.9 Å². The van der Waals surface area contributed by atoms with E-state index in [-0.39, 0.29) is 51.4 Å². The van der Waals surface area contributed by atoms with Gasteiger partial charge in [0.2, 0.25) is 0 Å². The summed E-state index contributed by atoms with van der Waals surface area (Å²) < 4.78 is 5.29. The quantitative estimate of drug-likeness (QED) is 0.389. The van der Waals surface area contributed by atoms with Crippen LogP contribution in [-0.4, -0.2) is 6.61 Å². The van der Waals surface area contributed by atoms with Crippen molar-refractivity contribution in [1.82, 2.24) is 0 Å². The van der Waals surface area contributed by atoms with Crippen LogP contribution in [0.5, 0.6) is 0 Å². The Morgan fingerprint density at radius 2 is 1.88 bits per heavy atom. The van der Waals surface area contributed by atoms with Crippen LogP contribution >= 0.6 is 6.49 Å². The third kappa shape index (κ3) is 6.38. The van der Waals surface area contributed by atoms with Gasteiger partial charge < -0.3 is 9.42 Å². The molecule has 5 heteroatoms. The molecule has 0 aromatic heterocycles. The molecule has 0 aliphatic heterocycles. The third-order valence-electron chi connectivity index (χ3n) is 2.08. The minimum absolute atomic E-state index is 0. The first kappa shape index (κ1) is 17.4. The molecular formula is C11H16KO2PS. The van der Waals surface area contributed by atoms with E-state index in [1.54, 1.807) is 12.1 Å². The van der Waals surface area contributed by atoms with Crippen molar-refractivity contribution in [1.29, 1.82) is 0 Å². The van der Waals surface area contributed by atoms with Crippen molar-refractivity contribution in [2.75, 3.05) is 6.61 Å². The standard InChI is InChI=1S/C11H17O2PS.K/c1-2-3-7-10-13-14(12,15)11-8-5-4-6-9-11;/h4-6,8-9H,2-3,7,10H2,1H3,(H,12,15);/q;+1/p-1. The van der Waals surface area contributed by atoms with Gasteiger partial charge in [0.05, 0.1) is 6.61 Å². The number of benzene rings is 1. The predicted molar refractivity (Wildman–Crippen MR) is 65.8 cm³/mol. The summed E-state index contributed by atoms with van der Waals surface area (Å²) in [5.74, 6) is 0. The minimum Gasteiger partial charge on any atom is -0.797 e. The Labute approximate surface area is 145 Å². The molecule has 1 atom stereocenters. The Morgan fingerprint density at radius 3 is 2.44 bits per heavy atom. The average molecular weight is 282 g/mol. The van der Waals surface area contributed by atoms with E-state index in [1.165, 1.54) is 0 Å². The largest absolute Gasteiger partial charge is 1.00 e. The molecule has 0 saturated heterocycles. The van der Waals surface area contributed by atoms with Crippen molar-refractivity contribution in [3.8, 4) is 0 Å². The van der Waals surface area contributed by atoms with Crippen LogP contribution in [0.1, 0.15) is 26.2 Å². The molecule has 16 heavy (non-hydrogen) atoms. The molecule has 0 saturated carbocycles. The fraction of sp³-hybridized carbons (Fsp3) is 0.455. The maximum absolute atomic E-state index is 12.0. The van der Waals surface area contributed by atoms with Crippen LogP contribution in [0.2, 0.25) is 0 Å². The summed E-state index contributed by atoms with van der Waals surface area (Å²) in [6, 6.07) is 9.03. The fourth-order valence-electron chi connectivity index (χ4n) is 1.22. The Hall–Kier alpha value is 1.43. The molecule has 1 rings (SSSR count). The maximum Gasteiger partial charge on any atom is 1.00 e. The zero-order valence-corrected chi connectivity index (χ0v) is 14.7. The average Bonchev–Trinajstić information content (AvgIpc) is 2.26. The normalized spacial score (nSPS) is 13.9. The Morgan fingerprint density at radius 1 is 1.25 bits per heavy atom. The summed E-state index contributed by atoms with van der Waals surface area (Å²) in [6.07, 6.45) is 3.13. The van der Waals surface area contributed by atoms with Gasteiger partial charge >= 0.3 is 51.4 Å². The molecule has 0 heterocycles. The van der Waals surface area contributed by atoms with Gasteiger partial charge in [-0.3, -0.25) is 0 Å². The molecule has 1 unspecified atom stereocenters. The first-order valence-electron chi connectivity index (χ1n) is 5.18. The van der Waals surface area contributed by atoms with E-state index in [1.807, 2.05) is 18.2 Å². The third-order valence-corrected chi connectivity index (χ3v) is 4.48. The predicted octanol–water partition coefficient (Wildman–Crippen LogP) is -0.807. The minimum atomic E-state index is -3.00. The zero-order valence-electron chi connectivity index (χ0n) is 9.89. The molecule has 0 bridgehead atoms.